The summed E-state index contributed by atoms with van der Waals surface area (Å²) >= 11 is 0. The molecule has 11 nitrogen and oxygen atoms in total. The number of aliphatic carboxylic acids is 1. The van der Waals surface area contributed by atoms with Gasteiger partial charge < -0.3 is 32.1 Å². The summed E-state index contributed by atoms with van der Waals surface area (Å²) < 4.78 is 0. The monoisotopic (exact) mass is 523 g/mol. The number of nitrogens with zero attached hydrogens (tertiary/aromatic N) is 1. The summed E-state index contributed by atoms with van der Waals surface area (Å²) in [7, 11) is 0. The molecule has 38 heavy (non-hydrogen) atoms. The highest BCUT2D eigenvalue weighted by molar-refractivity contribution is 5.95. The van der Waals surface area contributed by atoms with Crippen LogP contribution in [-0.2, 0) is 36.8 Å². The first-order valence-electron chi connectivity index (χ1n) is 12.4. The zero-order valence-electron chi connectivity index (χ0n) is 20.9. The predicted molar refractivity (Wildman–Crippen MR) is 138 cm³/mol. The third-order valence-electron chi connectivity index (χ3n) is 6.39. The fraction of sp³-hybridized carbons (Fsp3) is 0.370. The number of carboxylic acid groups (broad SMARTS) is 1. The lowest BCUT2D eigenvalue weighted by molar-refractivity contribution is -0.144. The molecule has 0 bridgehead atoms. The van der Waals surface area contributed by atoms with Crippen LogP contribution in [0.2, 0.25) is 0 Å². The van der Waals surface area contributed by atoms with Crippen molar-refractivity contribution in [3.05, 3.63) is 71.8 Å². The zero-order chi connectivity index (χ0) is 27.7. The van der Waals surface area contributed by atoms with Crippen molar-refractivity contribution in [2.45, 2.75) is 56.3 Å². The number of hydrogen-bond acceptors (Lipinski definition) is 6. The molecule has 0 aromatic heterocycles. The van der Waals surface area contributed by atoms with Crippen molar-refractivity contribution in [3.63, 3.8) is 0 Å². The quantitative estimate of drug-likeness (QED) is 0.253. The average Bonchev–Trinajstić information content (AvgIpc) is 3.38. The molecule has 1 fully saturated rings. The highest BCUT2D eigenvalue weighted by Crippen LogP contribution is 2.20. The molecule has 1 saturated heterocycles. The van der Waals surface area contributed by atoms with Gasteiger partial charge in [-0.3, -0.25) is 19.2 Å². The standard InChI is InChI=1S/C27H33N5O6/c28-19(14-17-8-3-1-4-9-17)26(36)32-13-7-12-22(32)25(35)30-20(15-18-10-5-2-6-11-18)24(34)31-21(27(37)38)16-23(29)33/h1-6,8-11,19-22H,7,12-16,28H2,(H2,29,33)(H,30,35)(H,31,34)(H,37,38). The van der Waals surface area contributed by atoms with Crippen molar-refractivity contribution >= 4 is 29.6 Å². The Labute approximate surface area is 220 Å². The summed E-state index contributed by atoms with van der Waals surface area (Å²) in [5, 5.41) is 14.4. The molecule has 1 heterocycles. The molecule has 1 aliphatic heterocycles. The molecular weight excluding hydrogens is 490 g/mol. The topological polar surface area (TPSA) is 185 Å². The van der Waals surface area contributed by atoms with Crippen LogP contribution < -0.4 is 22.1 Å². The number of carbonyl (C=O) groups is 5. The van der Waals surface area contributed by atoms with Crippen LogP contribution in [0.25, 0.3) is 0 Å². The molecule has 7 N–H and O–H groups in total. The Bertz CT molecular complexity index is 1140. The molecule has 0 saturated carbocycles. The summed E-state index contributed by atoms with van der Waals surface area (Å²) in [6, 6.07) is 13.8. The first kappa shape index (κ1) is 28.3. The largest absolute Gasteiger partial charge is 0.480 e. The Hall–Kier alpha value is -4.25. The van der Waals surface area contributed by atoms with Crippen LogP contribution in [0.1, 0.15) is 30.4 Å². The maximum Gasteiger partial charge on any atom is 0.326 e. The molecule has 3 rings (SSSR count). The molecule has 0 radical (unpaired) electrons. The first-order valence-corrected chi connectivity index (χ1v) is 12.4. The van der Waals surface area contributed by atoms with Gasteiger partial charge in [-0.1, -0.05) is 60.7 Å². The van der Waals surface area contributed by atoms with Crippen LogP contribution in [0.3, 0.4) is 0 Å². The van der Waals surface area contributed by atoms with Crippen molar-refractivity contribution in [1.82, 2.24) is 15.5 Å². The highest BCUT2D eigenvalue weighted by Gasteiger charge is 2.38. The van der Waals surface area contributed by atoms with Crippen molar-refractivity contribution in [3.8, 4) is 0 Å². The number of carboxylic acids is 1. The van der Waals surface area contributed by atoms with E-state index in [-0.39, 0.29) is 12.3 Å². The van der Waals surface area contributed by atoms with Crippen LogP contribution >= 0.6 is 0 Å². The van der Waals surface area contributed by atoms with Gasteiger partial charge >= 0.3 is 5.97 Å². The molecule has 4 amide bonds. The number of nitrogens with two attached hydrogens (primary N) is 2. The van der Waals surface area contributed by atoms with Gasteiger partial charge in [0.2, 0.25) is 23.6 Å². The molecule has 2 aromatic carbocycles. The fourth-order valence-electron chi connectivity index (χ4n) is 4.47. The number of carbonyl (C=O) groups excluding carboxylic acids is 4. The fourth-order valence-corrected chi connectivity index (χ4v) is 4.47. The molecule has 2 aromatic rings. The van der Waals surface area contributed by atoms with Gasteiger partial charge in [0.25, 0.3) is 0 Å². The highest BCUT2D eigenvalue weighted by atomic mass is 16.4. The van der Waals surface area contributed by atoms with Crippen molar-refractivity contribution in [2.75, 3.05) is 6.54 Å². The van der Waals surface area contributed by atoms with Crippen LogP contribution in [-0.4, -0.2) is 70.3 Å². The van der Waals surface area contributed by atoms with E-state index in [1.54, 1.807) is 30.3 Å². The van der Waals surface area contributed by atoms with Gasteiger partial charge in [-0.15, -0.1) is 0 Å². The number of likely N-dealkylation sites (tertiary alicyclic amines) is 1. The Kier molecular flexibility index (Phi) is 9.94. The first-order chi connectivity index (χ1) is 18.2. The van der Waals surface area contributed by atoms with Crippen LogP contribution in [0, 0.1) is 0 Å². The Balaban J connectivity index is 1.73. The van der Waals surface area contributed by atoms with Crippen LogP contribution in [0.4, 0.5) is 0 Å². The molecule has 0 spiro atoms. The second kappa shape index (κ2) is 13.3. The summed E-state index contributed by atoms with van der Waals surface area (Å²) in [5.41, 5.74) is 12.9. The van der Waals surface area contributed by atoms with Gasteiger partial charge in [-0.25, -0.2) is 4.79 Å². The lowest BCUT2D eigenvalue weighted by Crippen LogP contribution is -2.57. The van der Waals surface area contributed by atoms with Gasteiger partial charge in [0.05, 0.1) is 12.5 Å². The molecule has 1 aliphatic rings. The Morgan fingerprint density at radius 2 is 1.47 bits per heavy atom. The third-order valence-corrected chi connectivity index (χ3v) is 6.39. The van der Waals surface area contributed by atoms with Crippen molar-refractivity contribution < 1.29 is 29.1 Å². The maximum absolute atomic E-state index is 13.3. The van der Waals surface area contributed by atoms with Crippen LogP contribution in [0.5, 0.6) is 0 Å². The normalized spacial score (nSPS) is 17.2. The minimum Gasteiger partial charge on any atom is -0.480 e. The minimum atomic E-state index is -1.55. The second-order valence-electron chi connectivity index (χ2n) is 9.31. The van der Waals surface area contributed by atoms with E-state index in [2.05, 4.69) is 10.6 Å². The van der Waals surface area contributed by atoms with Gasteiger partial charge in [-0.2, -0.15) is 0 Å². The number of primary amides is 1. The average molecular weight is 524 g/mol. The predicted octanol–water partition coefficient (Wildman–Crippen LogP) is -0.280. The number of nitrogens with one attached hydrogen (secondary N) is 2. The molecule has 0 aliphatic carbocycles. The van der Waals surface area contributed by atoms with Crippen molar-refractivity contribution in [2.24, 2.45) is 11.5 Å². The van der Waals surface area contributed by atoms with Gasteiger partial charge in [-0.05, 0) is 30.4 Å². The van der Waals surface area contributed by atoms with E-state index in [4.69, 9.17) is 11.5 Å². The molecule has 202 valence electrons. The summed E-state index contributed by atoms with van der Waals surface area (Å²) in [4.78, 5) is 63.8. The molecule has 4 atom stereocenters. The van der Waals surface area contributed by atoms with Gasteiger partial charge in [0, 0.05) is 13.0 Å². The lowest BCUT2D eigenvalue weighted by Gasteiger charge is -2.28. The van der Waals surface area contributed by atoms with Crippen molar-refractivity contribution in [1.29, 1.82) is 0 Å². The van der Waals surface area contributed by atoms with Crippen LogP contribution in [0.15, 0.2) is 60.7 Å². The van der Waals surface area contributed by atoms with E-state index in [9.17, 15) is 29.1 Å². The lowest BCUT2D eigenvalue weighted by atomic mass is 10.0. The molecule has 4 unspecified atom stereocenters. The zero-order valence-corrected chi connectivity index (χ0v) is 20.9. The maximum atomic E-state index is 13.3. The number of benzene rings is 2. The Morgan fingerprint density at radius 1 is 0.895 bits per heavy atom. The van der Waals surface area contributed by atoms with Gasteiger partial charge in [0.1, 0.15) is 18.1 Å². The molecular formula is C27H33N5O6. The number of hydrogen-bond donors (Lipinski definition) is 5. The van der Waals surface area contributed by atoms with E-state index in [1.807, 2.05) is 30.3 Å². The number of rotatable bonds is 12. The second-order valence-corrected chi connectivity index (χ2v) is 9.31. The summed E-state index contributed by atoms with van der Waals surface area (Å²) in [6.07, 6.45) is 0.776. The third kappa shape index (κ3) is 7.87. The minimum absolute atomic E-state index is 0.0650. The number of amides is 4. The van der Waals surface area contributed by atoms with E-state index >= 15 is 0 Å². The SMILES string of the molecule is NC(=O)CC(NC(=O)C(Cc1ccccc1)NC(=O)C1CCCN1C(=O)C(N)Cc1ccccc1)C(=O)O. The van der Waals surface area contributed by atoms with Gasteiger partial charge in [0.15, 0.2) is 0 Å². The summed E-state index contributed by atoms with van der Waals surface area (Å²) in [6.45, 7) is 0.356. The Morgan fingerprint density at radius 3 is 2.03 bits per heavy atom. The van der Waals surface area contributed by atoms with E-state index in [0.717, 1.165) is 11.1 Å². The van der Waals surface area contributed by atoms with E-state index < -0.39 is 54.3 Å². The van der Waals surface area contributed by atoms with E-state index in [1.165, 1.54) is 4.90 Å². The summed E-state index contributed by atoms with van der Waals surface area (Å²) in [5.74, 6) is -4.01. The smallest absolute Gasteiger partial charge is 0.326 e. The van der Waals surface area contributed by atoms with E-state index in [0.29, 0.717) is 25.8 Å². The molecule has 11 heteroatoms.